The number of carbonyl (C=O) groups is 1. The molecule has 1 amide bonds. The van der Waals surface area contributed by atoms with E-state index in [2.05, 4.69) is 31.5 Å². The maximum atomic E-state index is 12.2. The van der Waals surface area contributed by atoms with Crippen molar-refractivity contribution in [2.45, 2.75) is 13.3 Å². The third-order valence-electron chi connectivity index (χ3n) is 3.29. The second kappa shape index (κ2) is 8.64. The summed E-state index contributed by atoms with van der Waals surface area (Å²) in [6, 6.07) is 9.26. The lowest BCUT2D eigenvalue weighted by molar-refractivity contribution is 0.102. The molecule has 2 N–H and O–H groups in total. The largest absolute Gasteiger partial charge is 0.385 e. The van der Waals surface area contributed by atoms with Gasteiger partial charge in [0.2, 0.25) is 0 Å². The van der Waals surface area contributed by atoms with Crippen LogP contribution in [-0.2, 0) is 4.74 Å². The van der Waals surface area contributed by atoms with Crippen LogP contribution in [0.25, 0.3) is 0 Å². The lowest BCUT2D eigenvalue weighted by atomic mass is 10.2. The van der Waals surface area contributed by atoms with Crippen LogP contribution in [0.2, 0.25) is 0 Å². The Balaban J connectivity index is 1.93. The number of anilines is 2. The van der Waals surface area contributed by atoms with E-state index in [9.17, 15) is 4.79 Å². The van der Waals surface area contributed by atoms with Crippen molar-refractivity contribution < 1.29 is 9.53 Å². The monoisotopic (exact) mass is 377 g/mol. The molecule has 1 aromatic carbocycles. The smallest absolute Gasteiger partial charge is 0.257 e. The average Bonchev–Trinajstić information content (AvgIpc) is 2.55. The summed E-state index contributed by atoms with van der Waals surface area (Å²) in [4.78, 5) is 16.5. The van der Waals surface area contributed by atoms with Crippen molar-refractivity contribution in [2.24, 2.45) is 0 Å². The van der Waals surface area contributed by atoms with Crippen molar-refractivity contribution in [2.75, 3.05) is 30.9 Å². The summed E-state index contributed by atoms with van der Waals surface area (Å²) in [5.74, 6) is 0.565. The fourth-order valence-electron chi connectivity index (χ4n) is 1.94. The van der Waals surface area contributed by atoms with E-state index in [0.717, 1.165) is 34.5 Å². The number of rotatable bonds is 7. The summed E-state index contributed by atoms with van der Waals surface area (Å²) < 4.78 is 5.95. The van der Waals surface area contributed by atoms with Crippen LogP contribution in [0.4, 0.5) is 11.5 Å². The normalized spacial score (nSPS) is 10.4. The standard InChI is InChI=1S/C17H20BrN3O2/c1-12-4-6-14(10-15(12)18)21-17(22)13-5-7-16(20-11-13)19-8-3-9-23-2/h4-7,10-11H,3,8-9H2,1-2H3,(H,19,20)(H,21,22). The maximum absolute atomic E-state index is 12.2. The highest BCUT2D eigenvalue weighted by atomic mass is 79.9. The molecule has 0 atom stereocenters. The molecule has 1 heterocycles. The Kier molecular flexibility index (Phi) is 6.55. The molecule has 23 heavy (non-hydrogen) atoms. The van der Waals surface area contributed by atoms with Gasteiger partial charge in [-0.3, -0.25) is 4.79 Å². The minimum absolute atomic E-state index is 0.181. The van der Waals surface area contributed by atoms with Crippen molar-refractivity contribution in [3.05, 3.63) is 52.1 Å². The van der Waals surface area contributed by atoms with Crippen LogP contribution in [0.15, 0.2) is 41.0 Å². The summed E-state index contributed by atoms with van der Waals surface area (Å²) in [5, 5.41) is 6.04. The Morgan fingerprint density at radius 1 is 1.30 bits per heavy atom. The second-order valence-electron chi connectivity index (χ2n) is 5.12. The van der Waals surface area contributed by atoms with Gasteiger partial charge in [-0.1, -0.05) is 22.0 Å². The quantitative estimate of drug-likeness (QED) is 0.719. The highest BCUT2D eigenvalue weighted by molar-refractivity contribution is 9.10. The number of aryl methyl sites for hydroxylation is 1. The van der Waals surface area contributed by atoms with Gasteiger partial charge in [0.1, 0.15) is 5.82 Å². The van der Waals surface area contributed by atoms with Gasteiger partial charge < -0.3 is 15.4 Å². The van der Waals surface area contributed by atoms with Crippen molar-refractivity contribution in [1.29, 1.82) is 0 Å². The van der Waals surface area contributed by atoms with E-state index in [-0.39, 0.29) is 5.91 Å². The summed E-state index contributed by atoms with van der Waals surface area (Å²) in [6.45, 7) is 3.49. The van der Waals surface area contributed by atoms with E-state index < -0.39 is 0 Å². The molecule has 0 aliphatic heterocycles. The number of methoxy groups -OCH3 is 1. The SMILES string of the molecule is COCCCNc1ccc(C(=O)Nc2ccc(C)c(Br)c2)cn1. The lowest BCUT2D eigenvalue weighted by Gasteiger charge is -2.08. The third-order valence-corrected chi connectivity index (χ3v) is 4.14. The fraction of sp³-hybridized carbons (Fsp3) is 0.294. The fourth-order valence-corrected chi connectivity index (χ4v) is 2.32. The van der Waals surface area contributed by atoms with Crippen LogP contribution in [0.3, 0.4) is 0 Å². The molecule has 2 aromatic rings. The molecule has 0 bridgehead atoms. The molecule has 0 aliphatic carbocycles. The van der Waals surface area contributed by atoms with Crippen LogP contribution in [0.1, 0.15) is 22.3 Å². The Morgan fingerprint density at radius 2 is 2.13 bits per heavy atom. The van der Waals surface area contributed by atoms with Gasteiger partial charge in [0.15, 0.2) is 0 Å². The number of aromatic nitrogens is 1. The minimum Gasteiger partial charge on any atom is -0.385 e. The first kappa shape index (κ1) is 17.4. The van der Waals surface area contributed by atoms with E-state index in [1.54, 1.807) is 25.4 Å². The van der Waals surface area contributed by atoms with Crippen LogP contribution < -0.4 is 10.6 Å². The predicted octanol–water partition coefficient (Wildman–Crippen LogP) is 3.85. The van der Waals surface area contributed by atoms with Crippen LogP contribution in [-0.4, -0.2) is 31.2 Å². The molecule has 0 radical (unpaired) electrons. The number of nitrogens with one attached hydrogen (secondary N) is 2. The van der Waals surface area contributed by atoms with Gasteiger partial charge in [-0.05, 0) is 43.2 Å². The molecule has 0 aliphatic rings. The minimum atomic E-state index is -0.181. The van der Waals surface area contributed by atoms with Crippen LogP contribution in [0.5, 0.6) is 0 Å². The number of hydrogen-bond donors (Lipinski definition) is 2. The van der Waals surface area contributed by atoms with E-state index in [4.69, 9.17) is 4.74 Å². The third kappa shape index (κ3) is 5.33. The molecular formula is C17H20BrN3O2. The highest BCUT2D eigenvalue weighted by Crippen LogP contribution is 2.21. The number of ether oxygens (including phenoxy) is 1. The van der Waals surface area contributed by atoms with Crippen molar-refractivity contribution >= 4 is 33.3 Å². The van der Waals surface area contributed by atoms with Gasteiger partial charge in [0.05, 0.1) is 5.56 Å². The molecule has 0 spiro atoms. The van der Waals surface area contributed by atoms with E-state index in [1.165, 1.54) is 0 Å². The molecular weight excluding hydrogens is 358 g/mol. The first-order valence-electron chi connectivity index (χ1n) is 7.36. The molecule has 2 rings (SSSR count). The molecule has 0 unspecified atom stereocenters. The van der Waals surface area contributed by atoms with Gasteiger partial charge in [-0.15, -0.1) is 0 Å². The zero-order chi connectivity index (χ0) is 16.7. The molecule has 0 saturated heterocycles. The molecule has 0 saturated carbocycles. The summed E-state index contributed by atoms with van der Waals surface area (Å²) in [6.07, 6.45) is 2.47. The van der Waals surface area contributed by atoms with Gasteiger partial charge in [0, 0.05) is 36.6 Å². The zero-order valence-corrected chi connectivity index (χ0v) is 14.8. The number of amides is 1. The zero-order valence-electron chi connectivity index (χ0n) is 13.2. The Labute approximate surface area is 144 Å². The van der Waals surface area contributed by atoms with Crippen molar-refractivity contribution in [1.82, 2.24) is 4.98 Å². The lowest BCUT2D eigenvalue weighted by Crippen LogP contribution is -2.13. The average molecular weight is 378 g/mol. The summed E-state index contributed by atoms with van der Waals surface area (Å²) >= 11 is 3.46. The van der Waals surface area contributed by atoms with E-state index in [0.29, 0.717) is 12.2 Å². The Morgan fingerprint density at radius 3 is 2.78 bits per heavy atom. The van der Waals surface area contributed by atoms with Gasteiger partial charge in [-0.2, -0.15) is 0 Å². The molecule has 0 fully saturated rings. The van der Waals surface area contributed by atoms with Gasteiger partial charge >= 0.3 is 0 Å². The maximum Gasteiger partial charge on any atom is 0.257 e. The topological polar surface area (TPSA) is 63.2 Å². The van der Waals surface area contributed by atoms with Crippen molar-refractivity contribution in [3.8, 4) is 0 Å². The number of carbonyl (C=O) groups excluding carboxylic acids is 1. The summed E-state index contributed by atoms with van der Waals surface area (Å²) in [5.41, 5.74) is 2.38. The number of nitrogens with zero attached hydrogens (tertiary/aromatic N) is 1. The Hall–Kier alpha value is -1.92. The molecule has 5 nitrogen and oxygen atoms in total. The molecule has 1 aromatic heterocycles. The molecule has 6 heteroatoms. The first-order valence-corrected chi connectivity index (χ1v) is 8.16. The first-order chi connectivity index (χ1) is 11.1. The predicted molar refractivity (Wildman–Crippen MR) is 96.1 cm³/mol. The number of pyridine rings is 1. The van der Waals surface area contributed by atoms with E-state index in [1.807, 2.05) is 25.1 Å². The number of halogens is 1. The molecule has 122 valence electrons. The van der Waals surface area contributed by atoms with Gasteiger partial charge in [0.25, 0.3) is 5.91 Å². The summed E-state index contributed by atoms with van der Waals surface area (Å²) in [7, 11) is 1.68. The van der Waals surface area contributed by atoms with Crippen LogP contribution >= 0.6 is 15.9 Å². The Bertz CT molecular complexity index is 659. The van der Waals surface area contributed by atoms with Crippen LogP contribution in [0, 0.1) is 6.92 Å². The van der Waals surface area contributed by atoms with Crippen molar-refractivity contribution in [3.63, 3.8) is 0 Å². The number of hydrogen-bond acceptors (Lipinski definition) is 4. The highest BCUT2D eigenvalue weighted by Gasteiger charge is 2.07. The second-order valence-corrected chi connectivity index (χ2v) is 5.98. The van der Waals surface area contributed by atoms with E-state index >= 15 is 0 Å². The number of benzene rings is 1. The van der Waals surface area contributed by atoms with Gasteiger partial charge in [-0.25, -0.2) is 4.98 Å².